The monoisotopic (exact) mass is 293 g/mol. The highest BCUT2D eigenvalue weighted by Gasteiger charge is 2.35. The molecule has 0 N–H and O–H groups in total. The van der Waals surface area contributed by atoms with Crippen LogP contribution >= 0.6 is 0 Å². The van der Waals surface area contributed by atoms with E-state index in [0.717, 1.165) is 32.5 Å². The molecule has 0 atom stereocenters. The molecule has 0 unspecified atom stereocenters. The second-order valence-corrected chi connectivity index (χ2v) is 7.17. The van der Waals surface area contributed by atoms with Gasteiger partial charge in [-0.3, -0.25) is 0 Å². The third kappa shape index (κ3) is 2.33. The van der Waals surface area contributed by atoms with Crippen molar-refractivity contribution in [3.05, 3.63) is 24.3 Å². The molecule has 1 aromatic rings. The molecule has 0 aromatic heterocycles. The number of para-hydroxylation sites is 1. The molecule has 0 radical (unpaired) electrons. The van der Waals surface area contributed by atoms with Crippen molar-refractivity contribution in [2.45, 2.75) is 17.7 Å². The summed E-state index contributed by atoms with van der Waals surface area (Å²) in [6.45, 7) is 3.42. The maximum Gasteiger partial charge on any atom is 0.241 e. The molecule has 0 amide bonds. The fourth-order valence-corrected chi connectivity index (χ4v) is 4.25. The number of likely N-dealkylation sites (N-methyl/N-ethyl adjacent to an activating group) is 1. The molecule has 3 rings (SSSR count). The maximum absolute atomic E-state index is 12.6. The van der Waals surface area contributed by atoms with Crippen molar-refractivity contribution in [1.29, 1.82) is 0 Å². The Morgan fingerprint density at radius 3 is 2.60 bits per heavy atom. The summed E-state index contributed by atoms with van der Waals surface area (Å²) in [5.41, 5.74) is 0.568. The summed E-state index contributed by atoms with van der Waals surface area (Å²) in [4.78, 5) is 8.86. The number of hydrogen-bond acceptors (Lipinski definition) is 5. The van der Waals surface area contributed by atoms with Crippen molar-refractivity contribution < 1.29 is 8.42 Å². The molecule has 0 spiro atoms. The lowest BCUT2D eigenvalue weighted by Crippen LogP contribution is -2.42. The van der Waals surface area contributed by atoms with E-state index in [1.54, 1.807) is 18.2 Å². The van der Waals surface area contributed by atoms with Crippen LogP contribution in [-0.4, -0.2) is 56.6 Å². The summed E-state index contributed by atoms with van der Waals surface area (Å²) < 4.78 is 25.2. The van der Waals surface area contributed by atoms with Crippen LogP contribution in [0.5, 0.6) is 0 Å². The fourth-order valence-electron chi connectivity index (χ4n) is 2.67. The number of aliphatic imine (C=N–C) groups is 1. The Balaban J connectivity index is 1.91. The SMILES string of the molecule is CN1CCCCN(C2=Nc3ccccc3S2(=O)=O)CC1. The van der Waals surface area contributed by atoms with Crippen molar-refractivity contribution >= 4 is 20.7 Å². The quantitative estimate of drug-likeness (QED) is 0.727. The van der Waals surface area contributed by atoms with Gasteiger partial charge < -0.3 is 9.80 Å². The molecule has 1 saturated heterocycles. The molecule has 0 bridgehead atoms. The number of amidine groups is 1. The summed E-state index contributed by atoms with van der Waals surface area (Å²) in [6, 6.07) is 6.96. The summed E-state index contributed by atoms with van der Waals surface area (Å²) in [6.07, 6.45) is 2.09. The summed E-state index contributed by atoms with van der Waals surface area (Å²) >= 11 is 0. The molecular formula is C14H19N3O2S. The van der Waals surface area contributed by atoms with Crippen LogP contribution in [0.3, 0.4) is 0 Å². The summed E-state index contributed by atoms with van der Waals surface area (Å²) in [5, 5.41) is 0.231. The van der Waals surface area contributed by atoms with E-state index in [9.17, 15) is 8.42 Å². The van der Waals surface area contributed by atoms with Gasteiger partial charge in [0.2, 0.25) is 15.0 Å². The highest BCUT2D eigenvalue weighted by Crippen LogP contribution is 2.33. The van der Waals surface area contributed by atoms with Crippen molar-refractivity contribution in [2.75, 3.05) is 33.2 Å². The van der Waals surface area contributed by atoms with Crippen LogP contribution in [0.25, 0.3) is 0 Å². The second-order valence-electron chi connectivity index (χ2n) is 5.36. The minimum atomic E-state index is -3.43. The highest BCUT2D eigenvalue weighted by molar-refractivity contribution is 8.06. The first kappa shape index (κ1) is 13.6. The number of sulfone groups is 1. The average molecular weight is 293 g/mol. The number of hydrogen-bond donors (Lipinski definition) is 0. The minimum Gasteiger partial charge on any atom is -0.345 e. The molecule has 0 aliphatic carbocycles. The number of rotatable bonds is 0. The van der Waals surface area contributed by atoms with E-state index >= 15 is 0 Å². The van der Waals surface area contributed by atoms with Crippen LogP contribution in [0.2, 0.25) is 0 Å². The van der Waals surface area contributed by atoms with Gasteiger partial charge in [-0.2, -0.15) is 0 Å². The van der Waals surface area contributed by atoms with Gasteiger partial charge in [-0.15, -0.1) is 0 Å². The molecule has 6 heteroatoms. The van der Waals surface area contributed by atoms with Crippen LogP contribution in [0.1, 0.15) is 12.8 Å². The van der Waals surface area contributed by atoms with Crippen LogP contribution < -0.4 is 0 Å². The summed E-state index contributed by atoms with van der Waals surface area (Å²) in [5.74, 6) is 0. The van der Waals surface area contributed by atoms with Gasteiger partial charge in [-0.25, -0.2) is 13.4 Å². The standard InChI is InChI=1S/C14H19N3O2S/c1-16-8-4-5-9-17(11-10-16)14-15-12-6-2-3-7-13(12)20(14,18)19/h2-3,6-7H,4-5,8-11H2,1H3. The zero-order valence-electron chi connectivity index (χ0n) is 11.6. The van der Waals surface area contributed by atoms with Crippen LogP contribution in [-0.2, 0) is 9.84 Å². The lowest BCUT2D eigenvalue weighted by molar-refractivity contribution is 0.255. The van der Waals surface area contributed by atoms with Crippen molar-refractivity contribution in [2.24, 2.45) is 4.99 Å². The van der Waals surface area contributed by atoms with E-state index in [1.807, 2.05) is 11.0 Å². The van der Waals surface area contributed by atoms with Crippen LogP contribution in [0.15, 0.2) is 34.2 Å². The van der Waals surface area contributed by atoms with Crippen molar-refractivity contribution in [1.82, 2.24) is 9.80 Å². The first-order valence-corrected chi connectivity index (χ1v) is 8.44. The van der Waals surface area contributed by atoms with Gasteiger partial charge in [0.05, 0.1) is 5.69 Å². The Kier molecular flexibility index (Phi) is 3.52. The molecule has 2 heterocycles. The second kappa shape index (κ2) is 5.18. The van der Waals surface area contributed by atoms with E-state index in [1.165, 1.54) is 0 Å². The smallest absolute Gasteiger partial charge is 0.241 e. The van der Waals surface area contributed by atoms with E-state index in [-0.39, 0.29) is 5.17 Å². The van der Waals surface area contributed by atoms with Gasteiger partial charge in [-0.05, 0) is 38.6 Å². The first-order valence-electron chi connectivity index (χ1n) is 6.95. The third-order valence-electron chi connectivity index (χ3n) is 3.85. The summed E-state index contributed by atoms with van der Waals surface area (Å²) in [7, 11) is -1.36. The molecule has 5 nitrogen and oxygen atoms in total. The van der Waals surface area contributed by atoms with Crippen molar-refractivity contribution in [3.63, 3.8) is 0 Å². The molecule has 20 heavy (non-hydrogen) atoms. The normalized spacial score (nSPS) is 22.9. The van der Waals surface area contributed by atoms with E-state index in [4.69, 9.17) is 0 Å². The lowest BCUT2D eigenvalue weighted by Gasteiger charge is -2.29. The van der Waals surface area contributed by atoms with Gasteiger partial charge in [0.1, 0.15) is 4.90 Å². The molecule has 108 valence electrons. The molecule has 2 aliphatic heterocycles. The minimum absolute atomic E-state index is 0.231. The zero-order valence-corrected chi connectivity index (χ0v) is 12.4. The predicted octanol–water partition coefficient (Wildman–Crippen LogP) is 1.49. The Morgan fingerprint density at radius 2 is 1.80 bits per heavy atom. The predicted molar refractivity (Wildman–Crippen MR) is 79.0 cm³/mol. The van der Waals surface area contributed by atoms with E-state index < -0.39 is 9.84 Å². The molecule has 0 saturated carbocycles. The lowest BCUT2D eigenvalue weighted by atomic mass is 10.2. The van der Waals surface area contributed by atoms with Gasteiger partial charge in [0.15, 0.2) is 0 Å². The largest absolute Gasteiger partial charge is 0.345 e. The Bertz CT molecular complexity index is 640. The highest BCUT2D eigenvalue weighted by atomic mass is 32.2. The Labute approximate surface area is 119 Å². The van der Waals surface area contributed by atoms with Gasteiger partial charge >= 0.3 is 0 Å². The topological polar surface area (TPSA) is 53.0 Å². The number of benzene rings is 1. The number of fused-ring (bicyclic) bond motifs is 1. The van der Waals surface area contributed by atoms with Gasteiger partial charge in [0.25, 0.3) is 0 Å². The first-order chi connectivity index (χ1) is 9.59. The van der Waals surface area contributed by atoms with Crippen molar-refractivity contribution in [3.8, 4) is 0 Å². The maximum atomic E-state index is 12.6. The van der Waals surface area contributed by atoms with Crippen LogP contribution in [0, 0.1) is 0 Å². The Morgan fingerprint density at radius 1 is 1.05 bits per heavy atom. The molecular weight excluding hydrogens is 274 g/mol. The molecule has 1 aromatic carbocycles. The molecule has 2 aliphatic rings. The molecule has 1 fully saturated rings. The van der Waals surface area contributed by atoms with E-state index in [0.29, 0.717) is 17.1 Å². The number of nitrogens with zero attached hydrogens (tertiary/aromatic N) is 3. The Hall–Kier alpha value is -1.40. The van der Waals surface area contributed by atoms with E-state index in [2.05, 4.69) is 16.9 Å². The van der Waals surface area contributed by atoms with Crippen LogP contribution in [0.4, 0.5) is 5.69 Å². The fraction of sp³-hybridized carbons (Fsp3) is 0.500. The van der Waals surface area contributed by atoms with Gasteiger partial charge in [0, 0.05) is 19.6 Å². The zero-order chi connectivity index (χ0) is 14.2. The van der Waals surface area contributed by atoms with Gasteiger partial charge in [-0.1, -0.05) is 12.1 Å². The third-order valence-corrected chi connectivity index (χ3v) is 5.61. The average Bonchev–Trinajstić information content (AvgIpc) is 2.67.